The molecule has 2 N–H and O–H groups in total. The number of hydrogen-bond donors (Lipinski definition) is 1. The van der Waals surface area contributed by atoms with Crippen molar-refractivity contribution in [2.45, 2.75) is 19.9 Å². The minimum atomic E-state index is -0.124. The highest BCUT2D eigenvalue weighted by atomic mass is 79.9. The van der Waals surface area contributed by atoms with Crippen LogP contribution < -0.4 is 5.73 Å². The van der Waals surface area contributed by atoms with Crippen LogP contribution in [0.4, 0.5) is 4.39 Å². The van der Waals surface area contributed by atoms with Crippen LogP contribution in [0.3, 0.4) is 0 Å². The maximum atomic E-state index is 13.7. The minimum Gasteiger partial charge on any atom is -0.330 e. The summed E-state index contributed by atoms with van der Waals surface area (Å²) in [5, 5.41) is 0. The molecular weight excluding hydrogens is 295 g/mol. The maximum Gasteiger partial charge on any atom is 0.127 e. The first-order valence-corrected chi connectivity index (χ1v) is 7.25. The zero-order valence-corrected chi connectivity index (χ0v) is 12.3. The van der Waals surface area contributed by atoms with Crippen molar-refractivity contribution < 1.29 is 4.39 Å². The zero-order chi connectivity index (χ0) is 13.1. The predicted octanol–water partition coefficient (Wildman–Crippen LogP) is 3.00. The molecule has 2 unspecified atom stereocenters. The lowest BCUT2D eigenvalue weighted by Gasteiger charge is -2.36. The quantitative estimate of drug-likeness (QED) is 0.929. The second-order valence-electron chi connectivity index (χ2n) is 5.23. The summed E-state index contributed by atoms with van der Waals surface area (Å²) in [5.41, 5.74) is 6.55. The largest absolute Gasteiger partial charge is 0.330 e. The molecular formula is C14H20BrFN2. The van der Waals surface area contributed by atoms with Gasteiger partial charge in [-0.1, -0.05) is 22.9 Å². The van der Waals surface area contributed by atoms with Gasteiger partial charge in [0.25, 0.3) is 0 Å². The Balaban J connectivity index is 2.03. The molecule has 1 saturated heterocycles. The van der Waals surface area contributed by atoms with Crippen LogP contribution in [-0.4, -0.2) is 24.5 Å². The Hall–Kier alpha value is -0.450. The molecule has 0 aliphatic carbocycles. The van der Waals surface area contributed by atoms with Gasteiger partial charge in [0.1, 0.15) is 5.82 Å². The summed E-state index contributed by atoms with van der Waals surface area (Å²) in [7, 11) is 0. The Bertz CT molecular complexity index is 411. The van der Waals surface area contributed by atoms with Crippen molar-refractivity contribution in [3.05, 3.63) is 34.1 Å². The lowest BCUT2D eigenvalue weighted by atomic mass is 9.87. The molecule has 2 atom stereocenters. The highest BCUT2D eigenvalue weighted by Gasteiger charge is 2.25. The number of nitrogens with two attached hydrogens (primary N) is 1. The van der Waals surface area contributed by atoms with E-state index in [4.69, 9.17) is 5.73 Å². The van der Waals surface area contributed by atoms with Crippen molar-refractivity contribution in [3.8, 4) is 0 Å². The van der Waals surface area contributed by atoms with Crippen molar-refractivity contribution in [2.24, 2.45) is 17.6 Å². The fraction of sp³-hybridized carbons (Fsp3) is 0.571. The highest BCUT2D eigenvalue weighted by Crippen LogP contribution is 2.25. The monoisotopic (exact) mass is 314 g/mol. The van der Waals surface area contributed by atoms with Gasteiger partial charge < -0.3 is 5.73 Å². The van der Waals surface area contributed by atoms with Crippen LogP contribution in [0.15, 0.2) is 22.7 Å². The van der Waals surface area contributed by atoms with E-state index in [1.165, 1.54) is 6.07 Å². The molecule has 4 heteroatoms. The lowest BCUT2D eigenvalue weighted by molar-refractivity contribution is 0.125. The first-order chi connectivity index (χ1) is 8.60. The van der Waals surface area contributed by atoms with Crippen LogP contribution in [0.1, 0.15) is 18.9 Å². The summed E-state index contributed by atoms with van der Waals surface area (Å²) in [5.74, 6) is 1.09. The minimum absolute atomic E-state index is 0.124. The van der Waals surface area contributed by atoms with Crippen LogP contribution in [-0.2, 0) is 6.54 Å². The third-order valence-electron chi connectivity index (χ3n) is 3.90. The molecule has 1 aliphatic heterocycles. The molecule has 0 saturated carbocycles. The van der Waals surface area contributed by atoms with Gasteiger partial charge in [-0.25, -0.2) is 4.39 Å². The molecule has 1 aromatic carbocycles. The molecule has 100 valence electrons. The third kappa shape index (κ3) is 3.31. The second-order valence-corrected chi connectivity index (χ2v) is 6.15. The van der Waals surface area contributed by atoms with Crippen LogP contribution in [0.25, 0.3) is 0 Å². The van der Waals surface area contributed by atoms with Crippen molar-refractivity contribution in [2.75, 3.05) is 19.6 Å². The van der Waals surface area contributed by atoms with E-state index >= 15 is 0 Å². The summed E-state index contributed by atoms with van der Waals surface area (Å²) in [6, 6.07) is 5.12. The SMILES string of the molecule is CC1CCN(Cc2cc(Br)ccc2F)CC1CN. The number of hydrogen-bond acceptors (Lipinski definition) is 2. The molecule has 2 rings (SSSR count). The van der Waals surface area contributed by atoms with E-state index in [-0.39, 0.29) is 5.82 Å². The van der Waals surface area contributed by atoms with E-state index in [1.807, 2.05) is 6.07 Å². The van der Waals surface area contributed by atoms with Crippen molar-refractivity contribution >= 4 is 15.9 Å². The zero-order valence-electron chi connectivity index (χ0n) is 10.7. The van der Waals surface area contributed by atoms with Crippen LogP contribution >= 0.6 is 15.9 Å². The van der Waals surface area contributed by atoms with Crippen LogP contribution in [0.2, 0.25) is 0 Å². The Morgan fingerprint density at radius 1 is 1.50 bits per heavy atom. The molecule has 0 spiro atoms. The molecule has 1 fully saturated rings. The fourth-order valence-corrected chi connectivity index (χ4v) is 2.99. The van der Waals surface area contributed by atoms with Gasteiger partial charge in [0.05, 0.1) is 0 Å². The topological polar surface area (TPSA) is 29.3 Å². The molecule has 0 bridgehead atoms. The van der Waals surface area contributed by atoms with Gasteiger partial charge in [-0.2, -0.15) is 0 Å². The van der Waals surface area contributed by atoms with Gasteiger partial charge in [0, 0.05) is 23.1 Å². The molecule has 1 aliphatic rings. The predicted molar refractivity (Wildman–Crippen MR) is 75.7 cm³/mol. The summed E-state index contributed by atoms with van der Waals surface area (Å²) >= 11 is 3.39. The normalized spacial score (nSPS) is 25.3. The molecule has 1 heterocycles. The summed E-state index contributed by atoms with van der Waals surface area (Å²) in [4.78, 5) is 2.31. The standard InChI is InChI=1S/C14H20BrFN2/c1-10-4-5-18(9-12(10)7-17)8-11-6-13(15)2-3-14(11)16/h2-3,6,10,12H,4-5,7-9,17H2,1H3. The number of likely N-dealkylation sites (tertiary alicyclic amines) is 1. The van der Waals surface area contributed by atoms with Crippen molar-refractivity contribution in [3.63, 3.8) is 0 Å². The van der Waals surface area contributed by atoms with E-state index in [1.54, 1.807) is 6.07 Å². The van der Waals surface area contributed by atoms with Gasteiger partial charge in [-0.15, -0.1) is 0 Å². The fourth-order valence-electron chi connectivity index (χ4n) is 2.58. The van der Waals surface area contributed by atoms with Gasteiger partial charge in [0.15, 0.2) is 0 Å². The van der Waals surface area contributed by atoms with Crippen molar-refractivity contribution in [1.82, 2.24) is 4.90 Å². The van der Waals surface area contributed by atoms with Crippen molar-refractivity contribution in [1.29, 1.82) is 0 Å². The molecule has 0 radical (unpaired) electrons. The number of piperidine rings is 1. The summed E-state index contributed by atoms with van der Waals surface area (Å²) in [6.45, 7) is 5.66. The van der Waals surface area contributed by atoms with E-state index in [0.29, 0.717) is 18.4 Å². The smallest absolute Gasteiger partial charge is 0.127 e. The Labute approximate surface area is 116 Å². The van der Waals surface area contributed by atoms with E-state index in [2.05, 4.69) is 27.8 Å². The Kier molecular flexibility index (Phi) is 4.76. The average Bonchev–Trinajstić information content (AvgIpc) is 2.36. The Morgan fingerprint density at radius 2 is 2.28 bits per heavy atom. The molecule has 0 aromatic heterocycles. The summed E-state index contributed by atoms with van der Waals surface area (Å²) in [6.07, 6.45) is 1.15. The number of benzene rings is 1. The summed E-state index contributed by atoms with van der Waals surface area (Å²) < 4.78 is 14.6. The number of rotatable bonds is 3. The Morgan fingerprint density at radius 3 is 3.00 bits per heavy atom. The van der Waals surface area contributed by atoms with Gasteiger partial charge >= 0.3 is 0 Å². The van der Waals surface area contributed by atoms with E-state index < -0.39 is 0 Å². The lowest BCUT2D eigenvalue weighted by Crippen LogP contribution is -2.42. The average molecular weight is 315 g/mol. The number of nitrogens with zero attached hydrogens (tertiary/aromatic N) is 1. The van der Waals surface area contributed by atoms with Gasteiger partial charge in [-0.05, 0) is 49.5 Å². The number of halogens is 2. The van der Waals surface area contributed by atoms with E-state index in [9.17, 15) is 4.39 Å². The molecule has 2 nitrogen and oxygen atoms in total. The van der Waals surface area contributed by atoms with E-state index in [0.717, 1.165) is 36.1 Å². The first kappa shape index (κ1) is 14.0. The molecule has 1 aromatic rings. The van der Waals surface area contributed by atoms with Crippen LogP contribution in [0.5, 0.6) is 0 Å². The van der Waals surface area contributed by atoms with Gasteiger partial charge in [-0.3, -0.25) is 4.90 Å². The van der Waals surface area contributed by atoms with Crippen LogP contribution in [0, 0.1) is 17.7 Å². The highest BCUT2D eigenvalue weighted by molar-refractivity contribution is 9.10. The third-order valence-corrected chi connectivity index (χ3v) is 4.40. The first-order valence-electron chi connectivity index (χ1n) is 6.46. The molecule has 18 heavy (non-hydrogen) atoms. The molecule has 0 amide bonds. The second kappa shape index (κ2) is 6.13. The van der Waals surface area contributed by atoms with Gasteiger partial charge in [0.2, 0.25) is 0 Å². The maximum absolute atomic E-state index is 13.7.